The van der Waals surface area contributed by atoms with Gasteiger partial charge in [0, 0.05) is 44.8 Å². The van der Waals surface area contributed by atoms with E-state index in [4.69, 9.17) is 4.74 Å². The third-order valence-corrected chi connectivity index (χ3v) is 5.17. The Bertz CT molecular complexity index is 754. The second-order valence-electron chi connectivity index (χ2n) is 7.14. The number of nitrogens with zero attached hydrogens (tertiary/aromatic N) is 2. The van der Waals surface area contributed by atoms with E-state index in [0.717, 1.165) is 24.8 Å². The van der Waals surface area contributed by atoms with Crippen molar-refractivity contribution in [2.24, 2.45) is 9.98 Å². The summed E-state index contributed by atoms with van der Waals surface area (Å²) in [6.07, 6.45) is 4.29. The molecule has 0 spiro atoms. The van der Waals surface area contributed by atoms with E-state index in [2.05, 4.69) is 27.3 Å². The van der Waals surface area contributed by atoms with Gasteiger partial charge in [0.25, 0.3) is 5.91 Å². The molecule has 0 unspecified atom stereocenters. The average Bonchev–Trinajstić information content (AvgIpc) is 3.49. The zero-order chi connectivity index (χ0) is 19.9. The summed E-state index contributed by atoms with van der Waals surface area (Å²) in [6.45, 7) is 5.43. The molecule has 150 valence electrons. The maximum Gasteiger partial charge on any atom is 0.269 e. The highest BCUT2D eigenvalue weighted by atomic mass is 19.1. The van der Waals surface area contributed by atoms with Crippen LogP contribution in [-0.2, 0) is 9.53 Å². The van der Waals surface area contributed by atoms with E-state index in [9.17, 15) is 9.18 Å². The number of hydrogen-bond acceptors (Lipinski definition) is 5. The number of carbonyl (C=O) groups is 1. The van der Waals surface area contributed by atoms with Gasteiger partial charge in [-0.25, -0.2) is 4.39 Å². The number of carbonyl (C=O) groups excluding carboxylic acids is 1. The van der Waals surface area contributed by atoms with Crippen LogP contribution in [0.15, 0.2) is 46.0 Å². The van der Waals surface area contributed by atoms with Gasteiger partial charge in [-0.05, 0) is 49.8 Å². The molecule has 2 fully saturated rings. The largest absolute Gasteiger partial charge is 0.381 e. The third-order valence-electron chi connectivity index (χ3n) is 5.17. The molecule has 1 saturated carbocycles. The quantitative estimate of drug-likeness (QED) is 0.673. The molecule has 7 heteroatoms. The first-order valence-electron chi connectivity index (χ1n) is 9.62. The molecule has 2 atom stereocenters. The van der Waals surface area contributed by atoms with Crippen LogP contribution in [0.5, 0.6) is 0 Å². The number of ether oxygens (including phenoxy) is 1. The molecule has 0 aromatic heterocycles. The minimum absolute atomic E-state index is 0.118. The number of aliphatic imine (C=N–C) groups is 2. The Morgan fingerprint density at radius 3 is 2.68 bits per heavy atom. The van der Waals surface area contributed by atoms with Crippen molar-refractivity contribution in [2.75, 3.05) is 26.8 Å². The van der Waals surface area contributed by atoms with Gasteiger partial charge in [-0.1, -0.05) is 12.1 Å². The second-order valence-corrected chi connectivity index (χ2v) is 7.14. The highest BCUT2D eigenvalue weighted by molar-refractivity contribution is 6.43. The van der Waals surface area contributed by atoms with Crippen molar-refractivity contribution in [1.29, 1.82) is 0 Å². The van der Waals surface area contributed by atoms with Gasteiger partial charge in [-0.15, -0.1) is 0 Å². The number of halogens is 1. The van der Waals surface area contributed by atoms with Crippen LogP contribution in [0, 0.1) is 5.82 Å². The summed E-state index contributed by atoms with van der Waals surface area (Å²) < 4.78 is 18.4. The molecule has 28 heavy (non-hydrogen) atoms. The van der Waals surface area contributed by atoms with E-state index in [1.54, 1.807) is 13.1 Å². The van der Waals surface area contributed by atoms with Crippen molar-refractivity contribution in [3.05, 3.63) is 47.4 Å². The lowest BCUT2D eigenvalue weighted by molar-refractivity contribution is -0.115. The summed E-state index contributed by atoms with van der Waals surface area (Å²) in [5.74, 6) is -0.0469. The topological polar surface area (TPSA) is 75.1 Å². The van der Waals surface area contributed by atoms with Crippen LogP contribution in [0.25, 0.3) is 0 Å². The molecule has 1 heterocycles. The van der Waals surface area contributed by atoms with Crippen molar-refractivity contribution < 1.29 is 13.9 Å². The second kappa shape index (κ2) is 9.71. The Morgan fingerprint density at radius 1 is 1.32 bits per heavy atom. The number of rotatable bonds is 8. The van der Waals surface area contributed by atoms with Crippen LogP contribution in [0.4, 0.5) is 4.39 Å². The summed E-state index contributed by atoms with van der Waals surface area (Å²) in [5.41, 5.74) is 2.12. The lowest BCUT2D eigenvalue weighted by Crippen LogP contribution is -2.42. The predicted molar refractivity (Wildman–Crippen MR) is 109 cm³/mol. The van der Waals surface area contributed by atoms with Gasteiger partial charge in [-0.2, -0.15) is 0 Å². The normalized spacial score (nSPS) is 23.4. The monoisotopic (exact) mass is 386 g/mol. The molecule has 6 nitrogen and oxygen atoms in total. The Balaban J connectivity index is 1.51. The maximum atomic E-state index is 13.0. The molecule has 1 aliphatic heterocycles. The zero-order valence-electron chi connectivity index (χ0n) is 16.2. The first kappa shape index (κ1) is 20.4. The smallest absolute Gasteiger partial charge is 0.269 e. The molecule has 1 aromatic carbocycles. The highest BCUT2D eigenvalue weighted by Crippen LogP contribution is 2.40. The molecule has 1 aliphatic carbocycles. The van der Waals surface area contributed by atoms with Gasteiger partial charge in [0.2, 0.25) is 0 Å². The molecular weight excluding hydrogens is 359 g/mol. The molecule has 0 radical (unpaired) electrons. The molecule has 2 aliphatic rings. The Kier molecular flexibility index (Phi) is 7.06. The zero-order valence-corrected chi connectivity index (χ0v) is 16.2. The van der Waals surface area contributed by atoms with E-state index in [-0.39, 0.29) is 17.8 Å². The first-order chi connectivity index (χ1) is 13.6. The molecular formula is C21H27FN4O2. The fourth-order valence-corrected chi connectivity index (χ4v) is 3.38. The average molecular weight is 386 g/mol. The van der Waals surface area contributed by atoms with Crippen LogP contribution >= 0.6 is 0 Å². The van der Waals surface area contributed by atoms with Crippen molar-refractivity contribution in [3.8, 4) is 0 Å². The minimum atomic E-state index is -0.222. The van der Waals surface area contributed by atoms with Gasteiger partial charge in [0.15, 0.2) is 0 Å². The fraction of sp³-hybridized carbons (Fsp3) is 0.476. The van der Waals surface area contributed by atoms with Gasteiger partial charge < -0.3 is 15.4 Å². The van der Waals surface area contributed by atoms with Crippen LogP contribution in [-0.4, -0.2) is 57.2 Å². The molecule has 1 aromatic rings. The number of amides is 1. The fourth-order valence-electron chi connectivity index (χ4n) is 3.38. The summed E-state index contributed by atoms with van der Waals surface area (Å²) in [4.78, 5) is 20.6. The number of hydrogen-bond donors (Lipinski definition) is 2. The van der Waals surface area contributed by atoms with Crippen LogP contribution < -0.4 is 10.6 Å². The summed E-state index contributed by atoms with van der Waals surface area (Å²) in [5, 5.41) is 6.42. The lowest BCUT2D eigenvalue weighted by atomic mass is 10.1. The number of nitrogens with one attached hydrogen (secondary N) is 2. The standard InChI is InChI=1S/C21H27FN4O2/c1-23-17(11-20(24-2)21(27)26-16-7-9-28-10-8-16)13-25-19-12-18(19)14-3-5-15(22)6-4-14/h3-6,11,16,18-19,25H,1,7-10,12-13H2,2H3,(H,26,27)/b17-11-,24-20+/t18-,19+/m0/s1. The summed E-state index contributed by atoms with van der Waals surface area (Å²) >= 11 is 0. The first-order valence-corrected chi connectivity index (χ1v) is 9.62. The van der Waals surface area contributed by atoms with Gasteiger partial charge >= 0.3 is 0 Å². The van der Waals surface area contributed by atoms with E-state index >= 15 is 0 Å². The van der Waals surface area contributed by atoms with Crippen molar-refractivity contribution in [1.82, 2.24) is 10.6 Å². The molecule has 1 amide bonds. The summed E-state index contributed by atoms with van der Waals surface area (Å²) in [6, 6.07) is 7.06. The van der Waals surface area contributed by atoms with E-state index in [1.165, 1.54) is 12.1 Å². The van der Waals surface area contributed by atoms with Crippen LogP contribution in [0.2, 0.25) is 0 Å². The lowest BCUT2D eigenvalue weighted by Gasteiger charge is -2.23. The van der Waals surface area contributed by atoms with Crippen LogP contribution in [0.1, 0.15) is 30.7 Å². The van der Waals surface area contributed by atoms with Gasteiger partial charge in [0.05, 0.1) is 5.70 Å². The molecule has 0 bridgehead atoms. The minimum Gasteiger partial charge on any atom is -0.381 e. The van der Waals surface area contributed by atoms with Gasteiger partial charge in [0.1, 0.15) is 11.5 Å². The predicted octanol–water partition coefficient (Wildman–Crippen LogP) is 2.22. The summed E-state index contributed by atoms with van der Waals surface area (Å²) in [7, 11) is 1.59. The number of benzene rings is 1. The van der Waals surface area contributed by atoms with E-state index < -0.39 is 0 Å². The van der Waals surface area contributed by atoms with E-state index in [0.29, 0.717) is 43.1 Å². The highest BCUT2D eigenvalue weighted by Gasteiger charge is 2.37. The van der Waals surface area contributed by atoms with Crippen LogP contribution in [0.3, 0.4) is 0 Å². The Hall–Kier alpha value is -2.38. The molecule has 3 rings (SSSR count). The van der Waals surface area contributed by atoms with Crippen molar-refractivity contribution >= 4 is 18.3 Å². The van der Waals surface area contributed by atoms with Crippen molar-refractivity contribution in [2.45, 2.75) is 37.3 Å². The third kappa shape index (κ3) is 5.56. The van der Waals surface area contributed by atoms with Crippen molar-refractivity contribution in [3.63, 3.8) is 0 Å². The molecule has 1 saturated heterocycles. The Labute approximate surface area is 165 Å². The Morgan fingerprint density at radius 2 is 2.04 bits per heavy atom. The van der Waals surface area contributed by atoms with Gasteiger partial charge in [-0.3, -0.25) is 14.8 Å². The SMILES string of the molecule is C=N/C(=C\C(=N/C)C(=O)NC1CCOCC1)CN[C@@H]1C[C@H]1c1ccc(F)cc1. The van der Waals surface area contributed by atoms with E-state index in [1.807, 2.05) is 12.1 Å². The maximum absolute atomic E-state index is 13.0. The molecule has 2 N–H and O–H groups in total.